The van der Waals surface area contributed by atoms with Crippen molar-refractivity contribution in [3.05, 3.63) is 200 Å². The van der Waals surface area contributed by atoms with Crippen molar-refractivity contribution < 1.29 is 28.3 Å². The second kappa shape index (κ2) is 36.3. The number of likely N-dealkylation sites (tertiary alicyclic amines) is 3. The molecule has 5 N–H and O–H groups in total. The average Bonchev–Trinajstić information content (AvgIpc) is 1.64. The molecule has 2 aromatic carbocycles. The number of benzene rings is 2. The molecule has 608 valence electrons. The van der Waals surface area contributed by atoms with Crippen LogP contribution in [0.3, 0.4) is 0 Å². The SMILES string of the molecule is CC1(C)OB(C2=CCOCC2)OC1(C)C.CC1CN(C)CC1c1nn2c(C3CCOCC3)ncc2c(=O)[nH]1.CC1CN(Cc2ccccc2)CC1c1nn2c(C3=CCOCC3)ncc2c(=O)[nH]1.CC1CN(Cc2ccccc2)CC1c1nn2c(I)ncc2c(=O)[nH]1.CC1CNCC1c1nn2c(C3CCOCC3)ncc2c(=O)[nH]1.Cl. The van der Waals surface area contributed by atoms with E-state index in [9.17, 15) is 19.2 Å². The van der Waals surface area contributed by atoms with Crippen molar-refractivity contribution >= 4 is 69.8 Å². The van der Waals surface area contributed by atoms with Gasteiger partial charge in [0.05, 0.1) is 62.4 Å². The number of H-pyrrole nitrogens is 4. The summed E-state index contributed by atoms with van der Waals surface area (Å²) in [5.41, 5.74) is 6.05. The highest BCUT2D eigenvalue weighted by atomic mass is 127. The minimum Gasteiger partial charge on any atom is -0.400 e. The van der Waals surface area contributed by atoms with Gasteiger partial charge in [-0.2, -0.15) is 20.4 Å². The van der Waals surface area contributed by atoms with Crippen LogP contribution in [0.5, 0.6) is 0 Å². The van der Waals surface area contributed by atoms with E-state index in [2.05, 4.69) is 205 Å². The highest BCUT2D eigenvalue weighted by Gasteiger charge is 2.52. The number of likely N-dealkylation sites (N-methyl/N-ethyl adjacent to an activating group) is 1. The molecule has 8 aromatic heterocycles. The van der Waals surface area contributed by atoms with Crippen LogP contribution < -0.4 is 27.6 Å². The molecule has 0 spiro atoms. The van der Waals surface area contributed by atoms with E-state index in [1.165, 1.54) is 16.6 Å². The summed E-state index contributed by atoms with van der Waals surface area (Å²) in [6, 6.07) is 21.0. The lowest BCUT2D eigenvalue weighted by Crippen LogP contribution is -2.41. The molecule has 7 saturated heterocycles. The third-order valence-corrected chi connectivity index (χ3v) is 25.0. The van der Waals surface area contributed by atoms with Gasteiger partial charge in [0.2, 0.25) is 0 Å². The molecule has 0 radical (unpaired) electrons. The number of nitrogens with one attached hydrogen (secondary N) is 5. The summed E-state index contributed by atoms with van der Waals surface area (Å²) in [6.07, 6.45) is 16.0. The van der Waals surface area contributed by atoms with Crippen molar-refractivity contribution in [2.45, 2.75) is 154 Å². The van der Waals surface area contributed by atoms with E-state index in [-0.39, 0.29) is 76.6 Å². The maximum atomic E-state index is 12.7. The molecule has 9 aliphatic rings. The van der Waals surface area contributed by atoms with Crippen LogP contribution in [0.15, 0.2) is 122 Å². The molecule has 30 nitrogen and oxygen atoms in total. The zero-order valence-corrected chi connectivity index (χ0v) is 69.6. The number of hydrogen-bond donors (Lipinski definition) is 5. The van der Waals surface area contributed by atoms with E-state index in [1.54, 1.807) is 42.8 Å². The van der Waals surface area contributed by atoms with Gasteiger partial charge in [0, 0.05) is 143 Å². The number of halogens is 2. The number of imidazole rings is 4. The number of nitrogens with zero attached hydrogens (tertiary/aromatic N) is 15. The van der Waals surface area contributed by atoms with Gasteiger partial charge in [0.1, 0.15) is 34.9 Å². The first-order valence-corrected chi connectivity index (χ1v) is 41.2. The van der Waals surface area contributed by atoms with Gasteiger partial charge >= 0.3 is 7.12 Å². The van der Waals surface area contributed by atoms with Crippen LogP contribution in [-0.4, -0.2) is 224 Å². The van der Waals surface area contributed by atoms with Crippen LogP contribution in [0.2, 0.25) is 0 Å². The summed E-state index contributed by atoms with van der Waals surface area (Å²) in [4.78, 5) is 86.5. The Labute approximate surface area is 682 Å². The van der Waals surface area contributed by atoms with Crippen molar-refractivity contribution in [1.82, 2.24) is 98.3 Å². The van der Waals surface area contributed by atoms with Crippen LogP contribution in [-0.2, 0) is 41.3 Å². The van der Waals surface area contributed by atoms with Gasteiger partial charge in [-0.15, -0.1) is 12.4 Å². The third kappa shape index (κ3) is 18.4. The molecule has 0 saturated carbocycles. The summed E-state index contributed by atoms with van der Waals surface area (Å²) in [5, 5.41) is 22.3. The van der Waals surface area contributed by atoms with E-state index in [0.717, 1.165) is 183 Å². The molecule has 9 aliphatic heterocycles. The van der Waals surface area contributed by atoms with Crippen molar-refractivity contribution in [3.63, 3.8) is 0 Å². The van der Waals surface area contributed by atoms with Gasteiger partial charge < -0.3 is 58.4 Å². The monoisotopic (exact) mass is 1690 g/mol. The van der Waals surface area contributed by atoms with Crippen molar-refractivity contribution in [1.29, 1.82) is 0 Å². The summed E-state index contributed by atoms with van der Waals surface area (Å²) < 4.78 is 41.1. The van der Waals surface area contributed by atoms with Crippen molar-refractivity contribution in [2.75, 3.05) is 112 Å². The smallest absolute Gasteiger partial charge is 0.400 e. The molecular weight excluding hydrogens is 1590 g/mol. The first-order chi connectivity index (χ1) is 54.6. The van der Waals surface area contributed by atoms with Gasteiger partial charge in [-0.3, -0.25) is 29.0 Å². The van der Waals surface area contributed by atoms with E-state index in [1.807, 2.05) is 18.2 Å². The first kappa shape index (κ1) is 82.5. The number of aromatic amines is 4. The summed E-state index contributed by atoms with van der Waals surface area (Å²) >= 11 is 2.10. The van der Waals surface area contributed by atoms with Gasteiger partial charge in [0.25, 0.3) is 22.2 Å². The Hall–Kier alpha value is -8.00. The van der Waals surface area contributed by atoms with Crippen molar-refractivity contribution in [3.8, 4) is 0 Å². The predicted molar refractivity (Wildman–Crippen MR) is 444 cm³/mol. The molecule has 0 bridgehead atoms. The van der Waals surface area contributed by atoms with E-state index >= 15 is 0 Å². The normalized spacial score (nSPS) is 24.8. The molecule has 0 aliphatic carbocycles. The minimum atomic E-state index is -0.239. The second-order valence-corrected chi connectivity index (χ2v) is 33.9. The van der Waals surface area contributed by atoms with Crippen LogP contribution >= 0.6 is 35.0 Å². The number of hydrogen-bond acceptors (Lipinski definition) is 22. The summed E-state index contributed by atoms with van der Waals surface area (Å²) in [7, 11) is 1.93. The molecule has 114 heavy (non-hydrogen) atoms. The maximum absolute atomic E-state index is 12.7. The fourth-order valence-corrected chi connectivity index (χ4v) is 17.5. The number of fused-ring (bicyclic) bond motifs is 4. The van der Waals surface area contributed by atoms with Crippen LogP contribution in [0.4, 0.5) is 0 Å². The van der Waals surface area contributed by atoms with E-state index in [4.69, 9.17) is 43.6 Å². The Kier molecular flexibility index (Phi) is 26.2. The fraction of sp³-hybridized carbons (Fsp3) is 0.556. The average molecular weight is 1690 g/mol. The zero-order chi connectivity index (χ0) is 78.7. The van der Waals surface area contributed by atoms with Crippen molar-refractivity contribution in [2.24, 2.45) is 23.7 Å². The molecule has 10 aromatic rings. The molecule has 17 heterocycles. The van der Waals surface area contributed by atoms with Crippen LogP contribution in [0.1, 0.15) is 181 Å². The number of ether oxygens (including phenoxy) is 4. The lowest BCUT2D eigenvalue weighted by molar-refractivity contribution is 0.00578. The van der Waals surface area contributed by atoms with E-state index < -0.39 is 0 Å². The third-order valence-electron chi connectivity index (χ3n) is 24.3. The maximum Gasteiger partial charge on any atom is 0.490 e. The van der Waals surface area contributed by atoms with Gasteiger partial charge in [0.15, 0.2) is 31.7 Å². The van der Waals surface area contributed by atoms with Crippen LogP contribution in [0, 0.1) is 27.5 Å². The zero-order valence-electron chi connectivity index (χ0n) is 66.6. The fourth-order valence-electron chi connectivity index (χ4n) is 17.0. The van der Waals surface area contributed by atoms with Gasteiger partial charge in [-0.25, -0.2) is 38.0 Å². The molecule has 33 heteroatoms. The molecule has 8 unspecified atom stereocenters. The Bertz CT molecular complexity index is 5250. The molecule has 7 fully saturated rings. The van der Waals surface area contributed by atoms with Gasteiger partial charge in [-0.05, 0) is 126 Å². The Morgan fingerprint density at radius 1 is 0.474 bits per heavy atom. The number of rotatable bonds is 12. The Morgan fingerprint density at radius 2 is 0.904 bits per heavy atom. The lowest BCUT2D eigenvalue weighted by atomic mass is 9.75. The summed E-state index contributed by atoms with van der Waals surface area (Å²) in [6.45, 7) is 32.2. The molecule has 0 amide bonds. The molecular formula is C81H107BClIN20O10. The highest BCUT2D eigenvalue weighted by Crippen LogP contribution is 2.40. The number of aromatic nitrogens is 16. The standard InChI is InChI=1S/C22H25N5O2.C17H18IN5O.C16H23N5O2.C15H21N5O2.C11H19BO3.ClH/c1-15-12-26(13-16-5-3-2-4-6-16)14-18(15)20-24-22(28)19-11-23-21(27(19)25-20)17-7-9-29-10-8-17;1-11-8-22(9-12-5-3-2-4-6-12)10-13(11)15-20-16(24)14-7-19-17(18)23(14)21-15;1-10-8-20(2)9-12(10)14-18-16(22)13-7-17-15(21(13)19-14)11-3-5-23-6-4-11;1-9-6-16-7-11(9)13-18-15(21)12-8-17-14(20(12)19-13)10-2-4-22-5-3-10;1-10(2)11(3,4)15-12(14-10)9-5-7-13-8-6-9;/h2-7,11,15,18H,8-10,12-14H2,1H3,(H,24,25,28);2-7,11,13H,8-10H2,1H3,(H,20,21,24);7,10-12H,3-6,8-9H2,1-2H3,(H,18,19,22);8-11,16H,2-7H2,1H3,(H,18,19,21);5H,6-8H2,1-4H3;1H. The molecule has 8 atom stereocenters. The van der Waals surface area contributed by atoms with E-state index in [0.29, 0.717) is 81.2 Å². The topological polar surface area (TPSA) is 329 Å². The minimum absolute atomic E-state index is 0. The highest BCUT2D eigenvalue weighted by molar-refractivity contribution is 14.1. The first-order valence-electron chi connectivity index (χ1n) is 40.1. The second-order valence-electron chi connectivity index (χ2n) is 33.0. The Balaban J connectivity index is 0.000000119. The molecule has 19 rings (SSSR count). The van der Waals surface area contributed by atoms with Gasteiger partial charge in [-0.1, -0.05) is 101 Å². The summed E-state index contributed by atoms with van der Waals surface area (Å²) in [5.74, 6) is 8.96. The quantitative estimate of drug-likeness (QED) is 0.0563. The van der Waals surface area contributed by atoms with Crippen LogP contribution in [0.25, 0.3) is 27.6 Å². The predicted octanol–water partition coefficient (Wildman–Crippen LogP) is 8.71. The largest absolute Gasteiger partial charge is 0.490 e. The lowest BCUT2D eigenvalue weighted by Gasteiger charge is -2.32. The Morgan fingerprint density at radius 3 is 1.36 bits per heavy atom.